The highest BCUT2D eigenvalue weighted by atomic mass is 16.1. The summed E-state index contributed by atoms with van der Waals surface area (Å²) in [5.74, 6) is 0.348. The lowest BCUT2D eigenvalue weighted by atomic mass is 9.91. The van der Waals surface area contributed by atoms with E-state index in [1.165, 1.54) is 0 Å². The van der Waals surface area contributed by atoms with Gasteiger partial charge in [0.15, 0.2) is 0 Å². The first-order valence-corrected chi connectivity index (χ1v) is 9.22. The second kappa shape index (κ2) is 7.99. The highest BCUT2D eigenvalue weighted by Gasteiger charge is 2.24. The van der Waals surface area contributed by atoms with E-state index < -0.39 is 0 Å². The Hall–Kier alpha value is -3.22. The quantitative estimate of drug-likeness (QED) is 0.727. The van der Waals surface area contributed by atoms with Gasteiger partial charge in [0.05, 0.1) is 11.6 Å². The number of hydrogen-bond donors (Lipinski definition) is 2. The fourth-order valence-corrected chi connectivity index (χ4v) is 3.41. The minimum absolute atomic E-state index is 0.121. The van der Waals surface area contributed by atoms with E-state index in [0.717, 1.165) is 31.4 Å². The van der Waals surface area contributed by atoms with Crippen molar-refractivity contribution in [1.29, 1.82) is 0 Å². The Balaban J connectivity index is 1.30. The van der Waals surface area contributed by atoms with Crippen LogP contribution in [0.1, 0.15) is 42.1 Å². The third-order valence-electron chi connectivity index (χ3n) is 4.87. The fraction of sp³-hybridized carbons (Fsp3) is 0.300. The number of anilines is 2. The molecule has 0 atom stereocenters. The summed E-state index contributed by atoms with van der Waals surface area (Å²) in [5.41, 5.74) is 1.38. The summed E-state index contributed by atoms with van der Waals surface area (Å²) in [7, 11) is 0. The fourth-order valence-electron chi connectivity index (χ4n) is 3.41. The molecule has 2 heterocycles. The molecule has 1 saturated carbocycles. The lowest BCUT2D eigenvalue weighted by molar-refractivity contribution is 0.0921. The van der Waals surface area contributed by atoms with Crippen molar-refractivity contribution >= 4 is 17.5 Å². The molecule has 0 radical (unpaired) electrons. The van der Waals surface area contributed by atoms with E-state index in [2.05, 4.69) is 25.7 Å². The molecule has 7 nitrogen and oxygen atoms in total. The predicted molar refractivity (Wildman–Crippen MR) is 103 cm³/mol. The standard InChI is InChI=1S/C20H22N6O/c27-19(24-17-7-9-18(10-8-17)26-12-4-11-23-26)15-13-21-20(22-14-15)25-16-5-2-1-3-6-16/h1-6,11-14,17-18H,7-10H2,(H,24,27)(H,21,22,25). The maximum Gasteiger partial charge on any atom is 0.254 e. The number of carbonyl (C=O) groups excluding carboxylic acids is 1. The zero-order valence-corrected chi connectivity index (χ0v) is 15.0. The van der Waals surface area contributed by atoms with Crippen molar-refractivity contribution in [3.05, 3.63) is 66.7 Å². The number of nitrogens with zero attached hydrogens (tertiary/aromatic N) is 4. The molecule has 0 saturated heterocycles. The molecule has 2 N–H and O–H groups in total. The number of carbonyl (C=O) groups is 1. The van der Waals surface area contributed by atoms with Crippen LogP contribution in [0, 0.1) is 0 Å². The van der Waals surface area contributed by atoms with E-state index in [1.807, 2.05) is 53.5 Å². The van der Waals surface area contributed by atoms with Crippen LogP contribution in [0.5, 0.6) is 0 Å². The molecule has 3 aromatic rings. The van der Waals surface area contributed by atoms with Crippen molar-refractivity contribution in [2.24, 2.45) is 0 Å². The molecule has 1 fully saturated rings. The highest BCUT2D eigenvalue weighted by molar-refractivity contribution is 5.93. The molecule has 1 amide bonds. The molecule has 138 valence electrons. The van der Waals surface area contributed by atoms with Crippen LogP contribution in [-0.2, 0) is 0 Å². The van der Waals surface area contributed by atoms with Crippen LogP contribution >= 0.6 is 0 Å². The van der Waals surface area contributed by atoms with Gasteiger partial charge in [-0.2, -0.15) is 5.10 Å². The third-order valence-corrected chi connectivity index (χ3v) is 4.87. The molecule has 0 spiro atoms. The van der Waals surface area contributed by atoms with Gasteiger partial charge >= 0.3 is 0 Å². The van der Waals surface area contributed by atoms with Crippen LogP contribution in [-0.4, -0.2) is 31.7 Å². The van der Waals surface area contributed by atoms with Crippen molar-refractivity contribution in [3.63, 3.8) is 0 Å². The number of nitrogens with one attached hydrogen (secondary N) is 2. The molecule has 2 aromatic heterocycles. The van der Waals surface area contributed by atoms with Gasteiger partial charge in [0.25, 0.3) is 5.91 Å². The minimum Gasteiger partial charge on any atom is -0.349 e. The van der Waals surface area contributed by atoms with Crippen LogP contribution in [0.4, 0.5) is 11.6 Å². The van der Waals surface area contributed by atoms with E-state index in [1.54, 1.807) is 12.4 Å². The van der Waals surface area contributed by atoms with Gasteiger partial charge in [-0.25, -0.2) is 9.97 Å². The van der Waals surface area contributed by atoms with E-state index in [0.29, 0.717) is 17.6 Å². The van der Waals surface area contributed by atoms with Gasteiger partial charge in [0.1, 0.15) is 0 Å². The molecule has 4 rings (SSSR count). The predicted octanol–water partition coefficient (Wildman–Crippen LogP) is 3.33. The Morgan fingerprint density at radius 3 is 2.41 bits per heavy atom. The monoisotopic (exact) mass is 362 g/mol. The zero-order valence-electron chi connectivity index (χ0n) is 15.0. The summed E-state index contributed by atoms with van der Waals surface area (Å²) in [6.45, 7) is 0. The molecule has 1 aromatic carbocycles. The van der Waals surface area contributed by atoms with Crippen molar-refractivity contribution in [1.82, 2.24) is 25.1 Å². The first-order chi connectivity index (χ1) is 13.3. The maximum absolute atomic E-state index is 12.5. The van der Waals surface area contributed by atoms with Gasteiger partial charge in [0.2, 0.25) is 5.95 Å². The average molecular weight is 362 g/mol. The Bertz CT molecular complexity index is 855. The van der Waals surface area contributed by atoms with Gasteiger partial charge in [-0.15, -0.1) is 0 Å². The second-order valence-corrected chi connectivity index (χ2v) is 6.75. The maximum atomic E-state index is 12.5. The summed E-state index contributed by atoms with van der Waals surface area (Å²) in [6.07, 6.45) is 10.9. The van der Waals surface area contributed by atoms with E-state index >= 15 is 0 Å². The molecular weight excluding hydrogens is 340 g/mol. The molecule has 7 heteroatoms. The number of amides is 1. The van der Waals surface area contributed by atoms with Gasteiger partial charge < -0.3 is 10.6 Å². The van der Waals surface area contributed by atoms with Crippen LogP contribution in [0.2, 0.25) is 0 Å². The number of aromatic nitrogens is 4. The van der Waals surface area contributed by atoms with Gasteiger partial charge in [0, 0.05) is 36.5 Å². The molecule has 1 aliphatic rings. The molecule has 0 bridgehead atoms. The lowest BCUT2D eigenvalue weighted by Gasteiger charge is -2.29. The molecular formula is C20H22N6O. The lowest BCUT2D eigenvalue weighted by Crippen LogP contribution is -2.38. The van der Waals surface area contributed by atoms with Gasteiger partial charge in [-0.1, -0.05) is 18.2 Å². The molecule has 0 unspecified atom stereocenters. The minimum atomic E-state index is -0.121. The Kier molecular flexibility index (Phi) is 5.09. The van der Waals surface area contributed by atoms with Crippen molar-refractivity contribution in [3.8, 4) is 0 Å². The molecule has 0 aliphatic heterocycles. The van der Waals surface area contributed by atoms with Crippen LogP contribution in [0.15, 0.2) is 61.2 Å². The summed E-state index contributed by atoms with van der Waals surface area (Å²) >= 11 is 0. The third kappa shape index (κ3) is 4.31. The smallest absolute Gasteiger partial charge is 0.254 e. The van der Waals surface area contributed by atoms with Crippen molar-refractivity contribution in [2.75, 3.05) is 5.32 Å². The number of rotatable bonds is 5. The Morgan fingerprint density at radius 2 is 1.74 bits per heavy atom. The number of hydrogen-bond acceptors (Lipinski definition) is 5. The topological polar surface area (TPSA) is 84.7 Å². The van der Waals surface area contributed by atoms with E-state index in [9.17, 15) is 4.79 Å². The van der Waals surface area contributed by atoms with Crippen molar-refractivity contribution < 1.29 is 4.79 Å². The van der Waals surface area contributed by atoms with Crippen LogP contribution < -0.4 is 10.6 Å². The summed E-state index contributed by atoms with van der Waals surface area (Å²) in [6, 6.07) is 12.3. The first-order valence-electron chi connectivity index (χ1n) is 9.22. The summed E-state index contributed by atoms with van der Waals surface area (Å²) < 4.78 is 2.02. The number of benzene rings is 1. The Labute approximate surface area is 157 Å². The van der Waals surface area contributed by atoms with Crippen LogP contribution in [0.25, 0.3) is 0 Å². The SMILES string of the molecule is O=C(NC1CCC(n2cccn2)CC1)c1cnc(Nc2ccccc2)nc1. The first kappa shape index (κ1) is 17.2. The normalized spacial score (nSPS) is 19.4. The Morgan fingerprint density at radius 1 is 1.00 bits per heavy atom. The summed E-state index contributed by atoms with van der Waals surface area (Å²) in [5, 5.41) is 10.5. The van der Waals surface area contributed by atoms with Gasteiger partial charge in [-0.3, -0.25) is 9.48 Å². The molecule has 1 aliphatic carbocycles. The molecule has 27 heavy (non-hydrogen) atoms. The van der Waals surface area contributed by atoms with E-state index in [-0.39, 0.29) is 11.9 Å². The van der Waals surface area contributed by atoms with Crippen LogP contribution in [0.3, 0.4) is 0 Å². The number of para-hydroxylation sites is 1. The largest absolute Gasteiger partial charge is 0.349 e. The van der Waals surface area contributed by atoms with Gasteiger partial charge in [-0.05, 0) is 43.9 Å². The van der Waals surface area contributed by atoms with Crippen molar-refractivity contribution in [2.45, 2.75) is 37.8 Å². The van der Waals surface area contributed by atoms with E-state index in [4.69, 9.17) is 0 Å². The summed E-state index contributed by atoms with van der Waals surface area (Å²) in [4.78, 5) is 20.9. The average Bonchev–Trinajstić information content (AvgIpc) is 3.25. The highest BCUT2D eigenvalue weighted by Crippen LogP contribution is 2.27. The zero-order chi connectivity index (χ0) is 18.5. The second-order valence-electron chi connectivity index (χ2n) is 6.75.